The van der Waals surface area contributed by atoms with Gasteiger partial charge in [0.1, 0.15) is 18.1 Å². The second-order valence-electron chi connectivity index (χ2n) is 4.97. The van der Waals surface area contributed by atoms with Crippen LogP contribution in [-0.2, 0) is 11.3 Å². The van der Waals surface area contributed by atoms with Crippen LogP contribution in [0.5, 0.6) is 5.75 Å². The highest BCUT2D eigenvalue weighted by Gasteiger charge is 2.07. The molecule has 2 N–H and O–H groups in total. The predicted molar refractivity (Wildman–Crippen MR) is 85.8 cm³/mol. The minimum Gasteiger partial charge on any atom is -0.487 e. The van der Waals surface area contributed by atoms with E-state index in [0.717, 1.165) is 11.3 Å². The maximum atomic E-state index is 12.0. The fourth-order valence-electron chi connectivity index (χ4n) is 1.80. The Balaban J connectivity index is 1.84. The van der Waals surface area contributed by atoms with Crippen LogP contribution in [0.2, 0.25) is 0 Å². The van der Waals surface area contributed by atoms with Gasteiger partial charge in [-0.25, -0.2) is 0 Å². The van der Waals surface area contributed by atoms with Crippen LogP contribution in [0.4, 0.5) is 5.69 Å². The zero-order chi connectivity index (χ0) is 15.8. The zero-order valence-electron chi connectivity index (χ0n) is 12.6. The number of ether oxygens (including phenoxy) is 1. The summed E-state index contributed by atoms with van der Waals surface area (Å²) in [4.78, 5) is 12.0. The third-order valence-electron chi connectivity index (χ3n) is 2.80. The molecule has 2 rings (SSSR count). The lowest BCUT2D eigenvalue weighted by Crippen LogP contribution is -2.27. The SMILES string of the molecule is C=C(C)COc1ccccc1NC(=O)CNCc1ccco1. The molecule has 22 heavy (non-hydrogen) atoms. The molecular weight excluding hydrogens is 280 g/mol. The molecule has 5 heteroatoms. The topological polar surface area (TPSA) is 63.5 Å². The van der Waals surface area contributed by atoms with Gasteiger partial charge in [0, 0.05) is 0 Å². The monoisotopic (exact) mass is 300 g/mol. The Morgan fingerprint density at radius 3 is 2.82 bits per heavy atom. The van der Waals surface area contributed by atoms with Crippen LogP contribution < -0.4 is 15.4 Å². The summed E-state index contributed by atoms with van der Waals surface area (Å²) in [6.07, 6.45) is 1.60. The van der Waals surface area contributed by atoms with E-state index in [4.69, 9.17) is 9.15 Å². The minimum atomic E-state index is -0.141. The number of para-hydroxylation sites is 2. The second kappa shape index (κ2) is 8.05. The molecule has 0 saturated carbocycles. The van der Waals surface area contributed by atoms with Gasteiger partial charge in [-0.3, -0.25) is 4.79 Å². The summed E-state index contributed by atoms with van der Waals surface area (Å²) in [5, 5.41) is 5.84. The molecule has 0 radical (unpaired) electrons. The minimum absolute atomic E-state index is 0.141. The van der Waals surface area contributed by atoms with Crippen molar-refractivity contribution in [1.29, 1.82) is 0 Å². The number of hydrogen-bond donors (Lipinski definition) is 2. The number of furan rings is 1. The molecule has 1 amide bonds. The number of carbonyl (C=O) groups is 1. The van der Waals surface area contributed by atoms with Crippen LogP contribution in [0.1, 0.15) is 12.7 Å². The third-order valence-corrected chi connectivity index (χ3v) is 2.80. The van der Waals surface area contributed by atoms with Crippen LogP contribution in [-0.4, -0.2) is 19.1 Å². The molecule has 0 aliphatic rings. The number of anilines is 1. The van der Waals surface area contributed by atoms with E-state index in [-0.39, 0.29) is 12.5 Å². The van der Waals surface area contributed by atoms with Gasteiger partial charge in [0.25, 0.3) is 0 Å². The molecule has 116 valence electrons. The van der Waals surface area contributed by atoms with E-state index in [1.165, 1.54) is 0 Å². The van der Waals surface area contributed by atoms with E-state index in [1.54, 1.807) is 12.3 Å². The largest absolute Gasteiger partial charge is 0.487 e. The average molecular weight is 300 g/mol. The number of nitrogens with one attached hydrogen (secondary N) is 2. The van der Waals surface area contributed by atoms with Gasteiger partial charge in [0.2, 0.25) is 5.91 Å². The molecule has 0 spiro atoms. The molecule has 0 fully saturated rings. The lowest BCUT2D eigenvalue weighted by atomic mass is 10.3. The summed E-state index contributed by atoms with van der Waals surface area (Å²) in [6, 6.07) is 11.0. The molecule has 0 unspecified atom stereocenters. The number of benzene rings is 1. The number of rotatable bonds is 8. The van der Waals surface area contributed by atoms with E-state index >= 15 is 0 Å². The first-order valence-corrected chi connectivity index (χ1v) is 7.04. The van der Waals surface area contributed by atoms with Crippen molar-refractivity contribution < 1.29 is 13.9 Å². The zero-order valence-corrected chi connectivity index (χ0v) is 12.6. The lowest BCUT2D eigenvalue weighted by molar-refractivity contribution is -0.115. The van der Waals surface area contributed by atoms with E-state index in [9.17, 15) is 4.79 Å². The van der Waals surface area contributed by atoms with Crippen molar-refractivity contribution in [3.05, 3.63) is 60.6 Å². The Labute approximate surface area is 130 Å². The maximum absolute atomic E-state index is 12.0. The first-order valence-electron chi connectivity index (χ1n) is 7.04. The molecular formula is C17H20N2O3. The number of hydrogen-bond acceptors (Lipinski definition) is 4. The first kappa shape index (κ1) is 15.9. The van der Waals surface area contributed by atoms with Crippen molar-refractivity contribution in [1.82, 2.24) is 5.32 Å². The molecule has 0 saturated heterocycles. The predicted octanol–water partition coefficient (Wildman–Crippen LogP) is 2.96. The Hall–Kier alpha value is -2.53. The average Bonchev–Trinajstić information content (AvgIpc) is 2.99. The van der Waals surface area contributed by atoms with E-state index in [2.05, 4.69) is 17.2 Å². The van der Waals surface area contributed by atoms with Crippen LogP contribution in [0.3, 0.4) is 0 Å². The van der Waals surface area contributed by atoms with Crippen LogP contribution >= 0.6 is 0 Å². The summed E-state index contributed by atoms with van der Waals surface area (Å²) in [7, 11) is 0. The molecule has 0 bridgehead atoms. The smallest absolute Gasteiger partial charge is 0.238 e. The van der Waals surface area contributed by atoms with Crippen LogP contribution in [0, 0.1) is 0 Å². The van der Waals surface area contributed by atoms with Gasteiger partial charge in [-0.1, -0.05) is 18.7 Å². The van der Waals surface area contributed by atoms with Crippen molar-refractivity contribution in [2.75, 3.05) is 18.5 Å². The molecule has 5 nitrogen and oxygen atoms in total. The maximum Gasteiger partial charge on any atom is 0.238 e. The van der Waals surface area contributed by atoms with Crippen molar-refractivity contribution in [2.24, 2.45) is 0 Å². The Kier molecular flexibility index (Phi) is 5.80. The highest BCUT2D eigenvalue weighted by molar-refractivity contribution is 5.93. The summed E-state index contributed by atoms with van der Waals surface area (Å²) in [6.45, 7) is 6.80. The molecule has 0 atom stereocenters. The van der Waals surface area contributed by atoms with Crippen LogP contribution in [0.15, 0.2) is 59.2 Å². The normalized spacial score (nSPS) is 10.2. The first-order chi connectivity index (χ1) is 10.6. The fraction of sp³-hybridized carbons (Fsp3) is 0.235. The summed E-state index contributed by atoms with van der Waals surface area (Å²) in [5.74, 6) is 1.28. The van der Waals surface area contributed by atoms with Gasteiger partial charge in [-0.2, -0.15) is 0 Å². The van der Waals surface area contributed by atoms with Gasteiger partial charge >= 0.3 is 0 Å². The van der Waals surface area contributed by atoms with Gasteiger partial charge < -0.3 is 19.8 Å². The van der Waals surface area contributed by atoms with Crippen molar-refractivity contribution >= 4 is 11.6 Å². The van der Waals surface area contributed by atoms with Gasteiger partial charge in [-0.05, 0) is 36.8 Å². The summed E-state index contributed by atoms with van der Waals surface area (Å²) >= 11 is 0. The Morgan fingerprint density at radius 1 is 1.27 bits per heavy atom. The highest BCUT2D eigenvalue weighted by atomic mass is 16.5. The second-order valence-corrected chi connectivity index (χ2v) is 4.97. The molecule has 1 aromatic carbocycles. The Bertz CT molecular complexity index is 621. The van der Waals surface area contributed by atoms with Crippen molar-refractivity contribution in [3.63, 3.8) is 0 Å². The van der Waals surface area contributed by atoms with Crippen molar-refractivity contribution in [2.45, 2.75) is 13.5 Å². The quantitative estimate of drug-likeness (QED) is 0.736. The number of carbonyl (C=O) groups excluding carboxylic acids is 1. The van der Waals surface area contributed by atoms with Crippen LogP contribution in [0.25, 0.3) is 0 Å². The molecule has 2 aromatic rings. The third kappa shape index (κ3) is 5.10. The van der Waals surface area contributed by atoms with E-state index in [0.29, 0.717) is 24.6 Å². The molecule has 1 aromatic heterocycles. The standard InChI is InChI=1S/C17H20N2O3/c1-13(2)12-22-16-8-4-3-7-15(16)19-17(20)11-18-10-14-6-5-9-21-14/h3-9,18H,1,10-12H2,2H3,(H,19,20). The molecule has 1 heterocycles. The molecule has 0 aliphatic heterocycles. The fourth-order valence-corrected chi connectivity index (χ4v) is 1.80. The van der Waals surface area contributed by atoms with Gasteiger partial charge in [0.05, 0.1) is 25.0 Å². The van der Waals surface area contributed by atoms with Crippen molar-refractivity contribution in [3.8, 4) is 5.75 Å². The van der Waals surface area contributed by atoms with E-state index in [1.807, 2.05) is 37.3 Å². The van der Waals surface area contributed by atoms with Gasteiger partial charge in [-0.15, -0.1) is 0 Å². The number of amides is 1. The van der Waals surface area contributed by atoms with E-state index < -0.39 is 0 Å². The molecule has 0 aliphatic carbocycles. The summed E-state index contributed by atoms with van der Waals surface area (Å²) in [5.41, 5.74) is 1.56. The van der Waals surface area contributed by atoms with Gasteiger partial charge in [0.15, 0.2) is 0 Å². The lowest BCUT2D eigenvalue weighted by Gasteiger charge is -2.12. The highest BCUT2D eigenvalue weighted by Crippen LogP contribution is 2.23. The summed E-state index contributed by atoms with van der Waals surface area (Å²) < 4.78 is 10.8. The Morgan fingerprint density at radius 2 is 2.09 bits per heavy atom.